The largest absolute Gasteiger partial charge is 0.506 e. The number of aromatic hydroxyl groups is 1. The highest BCUT2D eigenvalue weighted by molar-refractivity contribution is 9.10. The predicted octanol–water partition coefficient (Wildman–Crippen LogP) is 4.38. The van der Waals surface area contributed by atoms with E-state index in [9.17, 15) is 14.7 Å². The summed E-state index contributed by atoms with van der Waals surface area (Å²) in [5, 5.41) is 10.4. The summed E-state index contributed by atoms with van der Waals surface area (Å²) in [4.78, 5) is 25.3. The van der Waals surface area contributed by atoms with E-state index in [0.717, 1.165) is 24.0 Å². The fourth-order valence-corrected chi connectivity index (χ4v) is 4.78. The summed E-state index contributed by atoms with van der Waals surface area (Å²) >= 11 is 3.32. The first-order chi connectivity index (χ1) is 10.2. The molecule has 1 fully saturated rings. The second kappa shape index (κ2) is 4.92. The lowest BCUT2D eigenvalue weighted by molar-refractivity contribution is -0.124. The summed E-state index contributed by atoms with van der Waals surface area (Å²) < 4.78 is 0.509. The fraction of sp³-hybridized carbons (Fsp3) is 0.556. The molecule has 118 valence electrons. The molecule has 0 amide bonds. The molecule has 1 saturated carbocycles. The number of halogens is 1. The molecule has 0 bridgehead atoms. The highest BCUT2D eigenvalue weighted by Crippen LogP contribution is 2.60. The van der Waals surface area contributed by atoms with E-state index in [1.54, 1.807) is 0 Å². The van der Waals surface area contributed by atoms with Crippen LogP contribution < -0.4 is 0 Å². The van der Waals surface area contributed by atoms with Crippen LogP contribution >= 0.6 is 15.9 Å². The molecular formula is C18H21BrO3. The molecule has 22 heavy (non-hydrogen) atoms. The molecule has 1 aromatic carbocycles. The first kappa shape index (κ1) is 15.7. The van der Waals surface area contributed by atoms with Gasteiger partial charge in [-0.05, 0) is 58.7 Å². The Morgan fingerprint density at radius 2 is 2.00 bits per heavy atom. The molecule has 3 nitrogen and oxygen atoms in total. The monoisotopic (exact) mass is 364 g/mol. The minimum Gasteiger partial charge on any atom is -0.506 e. The van der Waals surface area contributed by atoms with E-state index in [-0.39, 0.29) is 23.0 Å². The number of rotatable bonds is 1. The molecule has 4 heteroatoms. The van der Waals surface area contributed by atoms with Crippen LogP contribution in [-0.2, 0) is 4.79 Å². The number of carbonyl (C=O) groups is 2. The number of phenolic OH excluding ortho intramolecular Hbond substituents is 1. The number of ketones is 2. The van der Waals surface area contributed by atoms with Crippen molar-refractivity contribution in [3.8, 4) is 5.75 Å². The van der Waals surface area contributed by atoms with Crippen molar-refractivity contribution in [2.24, 2.45) is 17.3 Å². The SMILES string of the molecule is Cc1cc2c(c(O)c1Br)C(=O)C(=O)[C@]1(C)CC[C@@H](C(C)C)[C@H]21. The van der Waals surface area contributed by atoms with Gasteiger partial charge in [0.1, 0.15) is 5.75 Å². The lowest BCUT2D eigenvalue weighted by atomic mass is 9.62. The Labute approximate surface area is 139 Å². The number of fused-ring (bicyclic) bond motifs is 3. The summed E-state index contributed by atoms with van der Waals surface area (Å²) in [7, 11) is 0. The molecule has 0 aromatic heterocycles. The van der Waals surface area contributed by atoms with Crippen molar-refractivity contribution in [2.75, 3.05) is 0 Å². The molecule has 0 heterocycles. The van der Waals surface area contributed by atoms with E-state index in [0.29, 0.717) is 16.3 Å². The second-order valence-electron chi connectivity index (χ2n) is 7.32. The summed E-state index contributed by atoms with van der Waals surface area (Å²) in [6.07, 6.45) is 1.70. The van der Waals surface area contributed by atoms with Crippen molar-refractivity contribution < 1.29 is 14.7 Å². The average Bonchev–Trinajstić information content (AvgIpc) is 2.81. The summed E-state index contributed by atoms with van der Waals surface area (Å²) in [5.41, 5.74) is 1.36. The maximum Gasteiger partial charge on any atom is 0.233 e. The van der Waals surface area contributed by atoms with Crippen molar-refractivity contribution >= 4 is 27.5 Å². The molecule has 2 aliphatic carbocycles. The Balaban J connectivity index is 2.32. The number of Topliss-reactive ketones (excluding diaryl/α,β-unsaturated/α-hetero) is 2. The van der Waals surface area contributed by atoms with Gasteiger partial charge >= 0.3 is 0 Å². The quantitative estimate of drug-likeness (QED) is 0.752. The molecular weight excluding hydrogens is 344 g/mol. The molecule has 0 aliphatic heterocycles. The normalized spacial score (nSPS) is 30.6. The third kappa shape index (κ3) is 1.86. The van der Waals surface area contributed by atoms with Gasteiger partial charge in [0.2, 0.25) is 11.6 Å². The average molecular weight is 365 g/mol. The predicted molar refractivity (Wildman–Crippen MR) is 88.3 cm³/mol. The molecule has 3 atom stereocenters. The summed E-state index contributed by atoms with van der Waals surface area (Å²) in [6, 6.07) is 1.98. The van der Waals surface area contributed by atoms with Crippen LogP contribution in [-0.4, -0.2) is 16.7 Å². The van der Waals surface area contributed by atoms with E-state index in [1.165, 1.54) is 0 Å². The highest BCUT2D eigenvalue weighted by Gasteiger charge is 2.57. The maximum absolute atomic E-state index is 12.7. The summed E-state index contributed by atoms with van der Waals surface area (Å²) in [5.74, 6) is -0.127. The highest BCUT2D eigenvalue weighted by atomic mass is 79.9. The third-order valence-corrected chi connectivity index (χ3v) is 6.71. The first-order valence-corrected chi connectivity index (χ1v) is 8.60. The van der Waals surface area contributed by atoms with Crippen LogP contribution in [0.15, 0.2) is 10.5 Å². The van der Waals surface area contributed by atoms with Gasteiger partial charge < -0.3 is 5.11 Å². The number of aryl methyl sites for hydroxylation is 1. The molecule has 3 rings (SSSR count). The van der Waals surface area contributed by atoms with Gasteiger partial charge in [0.05, 0.1) is 10.0 Å². The van der Waals surface area contributed by atoms with Gasteiger partial charge in [-0.1, -0.05) is 26.8 Å². The van der Waals surface area contributed by atoms with Crippen LogP contribution in [0.25, 0.3) is 0 Å². The number of carbonyl (C=O) groups excluding carboxylic acids is 2. The van der Waals surface area contributed by atoms with E-state index < -0.39 is 11.2 Å². The number of benzene rings is 1. The van der Waals surface area contributed by atoms with Crippen molar-refractivity contribution in [1.29, 1.82) is 0 Å². The minimum absolute atomic E-state index is 0.0189. The van der Waals surface area contributed by atoms with E-state index >= 15 is 0 Å². The fourth-order valence-electron chi connectivity index (χ4n) is 4.47. The molecule has 0 unspecified atom stereocenters. The second-order valence-corrected chi connectivity index (χ2v) is 8.11. The zero-order valence-corrected chi connectivity index (χ0v) is 15.0. The number of hydrogen-bond acceptors (Lipinski definition) is 3. The van der Waals surface area contributed by atoms with Crippen LogP contribution in [0.3, 0.4) is 0 Å². The Hall–Kier alpha value is -1.16. The zero-order valence-electron chi connectivity index (χ0n) is 13.4. The Kier molecular flexibility index (Phi) is 3.52. The Morgan fingerprint density at radius 1 is 1.36 bits per heavy atom. The standard InChI is InChI=1S/C18H21BrO3/c1-8(2)10-5-6-18(4)13(10)11-7-9(3)14(19)15(20)12(11)16(21)17(18)22/h7-8,10,13,20H,5-6H2,1-4H3/t10-,13+,18+/m0/s1. The van der Waals surface area contributed by atoms with Gasteiger partial charge in [0, 0.05) is 11.3 Å². The van der Waals surface area contributed by atoms with Crippen LogP contribution in [0.2, 0.25) is 0 Å². The van der Waals surface area contributed by atoms with E-state index in [1.807, 2.05) is 19.9 Å². The van der Waals surface area contributed by atoms with Crippen LogP contribution in [0, 0.1) is 24.2 Å². The van der Waals surface area contributed by atoms with Gasteiger partial charge in [-0.15, -0.1) is 0 Å². The molecule has 0 spiro atoms. The molecule has 1 N–H and O–H groups in total. The lowest BCUT2D eigenvalue weighted by Crippen LogP contribution is -2.43. The molecule has 1 aromatic rings. The van der Waals surface area contributed by atoms with E-state index in [4.69, 9.17) is 0 Å². The Morgan fingerprint density at radius 3 is 2.59 bits per heavy atom. The van der Waals surface area contributed by atoms with Gasteiger partial charge in [-0.2, -0.15) is 0 Å². The van der Waals surface area contributed by atoms with Crippen molar-refractivity contribution in [2.45, 2.75) is 46.5 Å². The van der Waals surface area contributed by atoms with Gasteiger partial charge in [-0.3, -0.25) is 9.59 Å². The molecule has 2 aliphatic rings. The minimum atomic E-state index is -0.619. The Bertz CT molecular complexity index is 692. The van der Waals surface area contributed by atoms with Crippen molar-refractivity contribution in [3.05, 3.63) is 27.2 Å². The number of hydrogen-bond donors (Lipinski definition) is 1. The molecule has 0 saturated heterocycles. The van der Waals surface area contributed by atoms with Gasteiger partial charge in [0.25, 0.3) is 0 Å². The van der Waals surface area contributed by atoms with Gasteiger partial charge in [0.15, 0.2) is 0 Å². The van der Waals surface area contributed by atoms with Crippen LogP contribution in [0.1, 0.15) is 61.0 Å². The van der Waals surface area contributed by atoms with Crippen LogP contribution in [0.4, 0.5) is 0 Å². The lowest BCUT2D eigenvalue weighted by Gasteiger charge is -2.39. The van der Waals surface area contributed by atoms with Crippen molar-refractivity contribution in [1.82, 2.24) is 0 Å². The topological polar surface area (TPSA) is 54.4 Å². The summed E-state index contributed by atoms with van der Waals surface area (Å²) in [6.45, 7) is 8.17. The van der Waals surface area contributed by atoms with Crippen LogP contribution in [0.5, 0.6) is 5.75 Å². The first-order valence-electron chi connectivity index (χ1n) is 7.81. The maximum atomic E-state index is 12.7. The van der Waals surface area contributed by atoms with E-state index in [2.05, 4.69) is 29.8 Å². The zero-order chi connectivity index (χ0) is 16.4. The number of phenols is 1. The van der Waals surface area contributed by atoms with Gasteiger partial charge in [-0.25, -0.2) is 0 Å². The third-order valence-electron chi connectivity index (χ3n) is 5.71. The smallest absolute Gasteiger partial charge is 0.233 e. The van der Waals surface area contributed by atoms with Crippen molar-refractivity contribution in [3.63, 3.8) is 0 Å². The molecule has 0 radical (unpaired) electrons.